The lowest BCUT2D eigenvalue weighted by Gasteiger charge is -2.40. The van der Waals surface area contributed by atoms with E-state index < -0.39 is 10.0 Å². The molecule has 0 radical (unpaired) electrons. The molecule has 1 aliphatic rings. The van der Waals surface area contributed by atoms with Gasteiger partial charge >= 0.3 is 0 Å². The molecule has 1 N–H and O–H groups in total. The zero-order chi connectivity index (χ0) is 24.7. The molecule has 186 valence electrons. The van der Waals surface area contributed by atoms with E-state index in [9.17, 15) is 8.42 Å². The van der Waals surface area contributed by atoms with Crippen LogP contribution in [-0.2, 0) is 16.4 Å². The highest BCUT2D eigenvalue weighted by Gasteiger charge is 2.26. The summed E-state index contributed by atoms with van der Waals surface area (Å²) in [7, 11) is 0.656. The van der Waals surface area contributed by atoms with Crippen molar-refractivity contribution in [2.75, 3.05) is 62.4 Å². The van der Waals surface area contributed by atoms with Crippen LogP contribution in [0.15, 0.2) is 84.9 Å². The largest absolute Gasteiger partial charge is 0.378 e. The number of benzene rings is 3. The lowest BCUT2D eigenvalue weighted by atomic mass is 10.0. The summed E-state index contributed by atoms with van der Waals surface area (Å²) in [4.78, 5) is 6.88. The minimum atomic E-state index is -3.39. The Kier molecular flexibility index (Phi) is 8.44. The van der Waals surface area contributed by atoms with Crippen molar-refractivity contribution in [2.45, 2.75) is 12.5 Å². The van der Waals surface area contributed by atoms with Crippen LogP contribution >= 0.6 is 0 Å². The lowest BCUT2D eigenvalue weighted by molar-refractivity contribution is 0.187. The van der Waals surface area contributed by atoms with Gasteiger partial charge in [0.2, 0.25) is 10.0 Å². The van der Waals surface area contributed by atoms with Crippen LogP contribution in [0.3, 0.4) is 0 Å². The van der Waals surface area contributed by atoms with Gasteiger partial charge < -0.3 is 9.80 Å². The first-order chi connectivity index (χ1) is 16.9. The van der Waals surface area contributed by atoms with E-state index in [1.807, 2.05) is 50.5 Å². The number of piperazine rings is 1. The van der Waals surface area contributed by atoms with Crippen molar-refractivity contribution in [1.82, 2.24) is 9.62 Å². The van der Waals surface area contributed by atoms with Crippen molar-refractivity contribution in [1.29, 1.82) is 0 Å². The van der Waals surface area contributed by atoms with E-state index in [0.717, 1.165) is 43.0 Å². The number of hydrogen-bond donors (Lipinski definition) is 1. The van der Waals surface area contributed by atoms with Gasteiger partial charge in [-0.05, 0) is 41.8 Å². The van der Waals surface area contributed by atoms with E-state index in [1.165, 1.54) is 5.69 Å². The first-order valence-electron chi connectivity index (χ1n) is 12.2. The summed E-state index contributed by atoms with van der Waals surface area (Å²) in [5.41, 5.74) is 4.53. The third-order valence-electron chi connectivity index (χ3n) is 6.67. The van der Waals surface area contributed by atoms with E-state index in [4.69, 9.17) is 0 Å². The van der Waals surface area contributed by atoms with E-state index in [2.05, 4.69) is 68.0 Å². The highest BCUT2D eigenvalue weighted by molar-refractivity contribution is 7.89. The molecule has 0 amide bonds. The predicted molar refractivity (Wildman–Crippen MR) is 146 cm³/mol. The molecule has 0 bridgehead atoms. The third kappa shape index (κ3) is 7.07. The highest BCUT2D eigenvalue weighted by Crippen LogP contribution is 2.26. The van der Waals surface area contributed by atoms with Crippen LogP contribution in [0.5, 0.6) is 0 Å². The van der Waals surface area contributed by atoms with Crippen molar-refractivity contribution >= 4 is 21.4 Å². The summed E-state index contributed by atoms with van der Waals surface area (Å²) in [6.45, 7) is 3.94. The highest BCUT2D eigenvalue weighted by atomic mass is 32.2. The zero-order valence-electron chi connectivity index (χ0n) is 20.7. The van der Waals surface area contributed by atoms with Crippen molar-refractivity contribution < 1.29 is 8.42 Å². The number of rotatable bonds is 10. The zero-order valence-corrected chi connectivity index (χ0v) is 21.5. The second-order valence-corrected chi connectivity index (χ2v) is 11.2. The van der Waals surface area contributed by atoms with E-state index in [-0.39, 0.29) is 11.8 Å². The summed E-state index contributed by atoms with van der Waals surface area (Å²) in [5.74, 6) is 0.0884. The minimum Gasteiger partial charge on any atom is -0.378 e. The van der Waals surface area contributed by atoms with Crippen LogP contribution in [0, 0.1) is 0 Å². The van der Waals surface area contributed by atoms with Gasteiger partial charge in [0, 0.05) is 64.2 Å². The minimum absolute atomic E-state index is 0.0179. The van der Waals surface area contributed by atoms with Crippen LogP contribution < -0.4 is 14.5 Å². The summed E-state index contributed by atoms with van der Waals surface area (Å²) < 4.78 is 28.6. The number of nitrogens with zero attached hydrogens (tertiary/aromatic N) is 3. The summed E-state index contributed by atoms with van der Waals surface area (Å²) >= 11 is 0. The fourth-order valence-corrected chi connectivity index (χ4v) is 5.62. The van der Waals surface area contributed by atoms with Crippen LogP contribution in [0.4, 0.5) is 11.4 Å². The Morgan fingerprint density at radius 1 is 0.829 bits per heavy atom. The fourth-order valence-electron chi connectivity index (χ4n) is 4.56. The molecule has 4 rings (SSSR count). The van der Waals surface area contributed by atoms with Gasteiger partial charge in [0.1, 0.15) is 0 Å². The predicted octanol–water partition coefficient (Wildman–Crippen LogP) is 3.78. The van der Waals surface area contributed by atoms with Gasteiger partial charge in [-0.15, -0.1) is 0 Å². The Balaban J connectivity index is 1.44. The van der Waals surface area contributed by atoms with Gasteiger partial charge in [-0.25, -0.2) is 13.1 Å². The molecular formula is C28H36N4O2S. The molecular weight excluding hydrogens is 456 g/mol. The summed E-state index contributed by atoms with van der Waals surface area (Å²) in [5, 5.41) is 0. The fraction of sp³-hybridized carbons (Fsp3) is 0.357. The number of para-hydroxylation sites is 1. The second-order valence-electron chi connectivity index (χ2n) is 9.26. The number of aryl methyl sites for hydroxylation is 1. The molecule has 0 saturated carbocycles. The van der Waals surface area contributed by atoms with Gasteiger partial charge in [-0.1, -0.05) is 60.7 Å². The standard InChI is InChI=1S/C28H36N4O2S/c1-30(2)26-15-13-25(14-16-26)28(23-29-35(33,34)22-17-24-9-5-3-6-10-24)32-20-18-31(19-21-32)27-11-7-4-8-12-27/h3-16,28-29H,17-23H2,1-2H3/t28-/m0/s1. The molecule has 0 aromatic heterocycles. The molecule has 1 aliphatic heterocycles. The second kappa shape index (κ2) is 11.7. The van der Waals surface area contributed by atoms with Crippen molar-refractivity contribution in [2.24, 2.45) is 0 Å². The smallest absolute Gasteiger partial charge is 0.211 e. The van der Waals surface area contributed by atoms with Gasteiger partial charge in [0.25, 0.3) is 0 Å². The Morgan fingerprint density at radius 3 is 2.03 bits per heavy atom. The molecule has 35 heavy (non-hydrogen) atoms. The molecule has 1 fully saturated rings. The van der Waals surface area contributed by atoms with Crippen LogP contribution in [0.1, 0.15) is 17.2 Å². The molecule has 7 heteroatoms. The van der Waals surface area contributed by atoms with Crippen LogP contribution in [0.25, 0.3) is 0 Å². The van der Waals surface area contributed by atoms with E-state index in [1.54, 1.807) is 0 Å². The molecule has 0 aliphatic carbocycles. The topological polar surface area (TPSA) is 55.9 Å². The van der Waals surface area contributed by atoms with Gasteiger partial charge in [0.15, 0.2) is 0 Å². The molecule has 1 heterocycles. The van der Waals surface area contributed by atoms with Crippen molar-refractivity contribution in [3.05, 3.63) is 96.1 Å². The van der Waals surface area contributed by atoms with E-state index in [0.29, 0.717) is 13.0 Å². The van der Waals surface area contributed by atoms with Crippen LogP contribution in [-0.4, -0.2) is 65.9 Å². The molecule has 1 saturated heterocycles. The third-order valence-corrected chi connectivity index (χ3v) is 8.02. The molecule has 0 spiro atoms. The molecule has 1 atom stereocenters. The first-order valence-corrected chi connectivity index (χ1v) is 13.9. The lowest BCUT2D eigenvalue weighted by Crippen LogP contribution is -2.50. The number of anilines is 2. The van der Waals surface area contributed by atoms with Crippen molar-refractivity contribution in [3.63, 3.8) is 0 Å². The van der Waals surface area contributed by atoms with Crippen LogP contribution in [0.2, 0.25) is 0 Å². The molecule has 3 aromatic rings. The Bertz CT molecular complexity index is 1140. The number of hydrogen-bond acceptors (Lipinski definition) is 5. The maximum absolute atomic E-state index is 12.9. The van der Waals surface area contributed by atoms with Crippen molar-refractivity contribution in [3.8, 4) is 0 Å². The number of sulfonamides is 1. The Hall–Kier alpha value is -2.87. The summed E-state index contributed by atoms with van der Waals surface area (Å²) in [6.07, 6.45) is 0.508. The number of nitrogens with one attached hydrogen (secondary N) is 1. The quantitative estimate of drug-likeness (QED) is 0.467. The monoisotopic (exact) mass is 492 g/mol. The SMILES string of the molecule is CN(C)c1ccc([C@H](CNS(=O)(=O)CCc2ccccc2)N2CCN(c3ccccc3)CC2)cc1. The Labute approximate surface area is 210 Å². The first kappa shape index (κ1) is 25.2. The average Bonchev–Trinajstić information content (AvgIpc) is 2.89. The Morgan fingerprint density at radius 2 is 1.43 bits per heavy atom. The molecule has 6 nitrogen and oxygen atoms in total. The molecule has 3 aromatic carbocycles. The molecule has 0 unspecified atom stereocenters. The maximum atomic E-state index is 12.9. The van der Waals surface area contributed by atoms with Gasteiger partial charge in [0.05, 0.1) is 5.75 Å². The normalized spacial score (nSPS) is 15.7. The van der Waals surface area contributed by atoms with Gasteiger partial charge in [-0.2, -0.15) is 0 Å². The summed E-state index contributed by atoms with van der Waals surface area (Å²) in [6, 6.07) is 28.7. The van der Waals surface area contributed by atoms with Gasteiger partial charge in [-0.3, -0.25) is 4.90 Å². The average molecular weight is 493 g/mol. The van der Waals surface area contributed by atoms with E-state index >= 15 is 0 Å². The maximum Gasteiger partial charge on any atom is 0.211 e.